The Balaban J connectivity index is 1.68. The summed E-state index contributed by atoms with van der Waals surface area (Å²) in [7, 11) is 0.299. The Hall–Kier alpha value is -2.58. The second-order valence-corrected chi connectivity index (χ2v) is 9.28. The lowest BCUT2D eigenvalue weighted by Crippen LogP contribution is -2.47. The number of benzene rings is 2. The molecule has 1 amide bonds. The summed E-state index contributed by atoms with van der Waals surface area (Å²) in [5, 5.41) is 0. The lowest BCUT2D eigenvalue weighted by molar-refractivity contribution is 0.0635. The van der Waals surface area contributed by atoms with Gasteiger partial charge in [-0.05, 0) is 82.4 Å². The minimum absolute atomic E-state index is 0.0648. The molecule has 0 bridgehead atoms. The summed E-state index contributed by atoms with van der Waals surface area (Å²) < 4.78 is 33.3. The molecule has 2 aromatic rings. The Labute approximate surface area is 178 Å². The van der Waals surface area contributed by atoms with Gasteiger partial charge in [0.1, 0.15) is 5.75 Å². The molecule has 1 heterocycles. The first kappa shape index (κ1) is 22.1. The minimum atomic E-state index is -3.75. The van der Waals surface area contributed by atoms with Crippen LogP contribution in [0.25, 0.3) is 0 Å². The van der Waals surface area contributed by atoms with E-state index in [1.165, 1.54) is 12.1 Å². The highest BCUT2D eigenvalue weighted by Gasteiger charge is 2.26. The predicted octanol–water partition coefficient (Wildman–Crippen LogP) is 3.05. The van der Waals surface area contributed by atoms with Gasteiger partial charge >= 0.3 is 0 Å². The molecule has 7 nitrogen and oxygen atoms in total. The van der Waals surface area contributed by atoms with E-state index < -0.39 is 10.0 Å². The molecule has 3 rings (SSSR count). The van der Waals surface area contributed by atoms with Gasteiger partial charge in [-0.25, -0.2) is 8.42 Å². The first-order valence-electron chi connectivity index (χ1n) is 10.1. The number of rotatable bonds is 7. The fraction of sp³-hybridized carbons (Fsp3) is 0.409. The zero-order valence-electron chi connectivity index (χ0n) is 17.7. The van der Waals surface area contributed by atoms with E-state index in [0.717, 1.165) is 19.4 Å². The molecule has 1 fully saturated rings. The first-order chi connectivity index (χ1) is 14.3. The molecule has 1 saturated heterocycles. The van der Waals surface area contributed by atoms with Crippen LogP contribution >= 0.6 is 0 Å². The number of anilines is 1. The maximum absolute atomic E-state index is 12.8. The summed E-state index contributed by atoms with van der Waals surface area (Å²) >= 11 is 0. The topological polar surface area (TPSA) is 78.9 Å². The lowest BCUT2D eigenvalue weighted by Gasteiger charge is -2.36. The Morgan fingerprint density at radius 1 is 1.13 bits per heavy atom. The van der Waals surface area contributed by atoms with Crippen molar-refractivity contribution in [3.05, 3.63) is 54.1 Å². The van der Waals surface area contributed by atoms with Gasteiger partial charge in [-0.3, -0.25) is 9.52 Å². The monoisotopic (exact) mass is 431 g/mol. The third-order valence-electron chi connectivity index (χ3n) is 5.24. The molecule has 0 aromatic heterocycles. The fourth-order valence-electron chi connectivity index (χ4n) is 3.52. The second-order valence-electron chi connectivity index (χ2n) is 7.60. The van der Waals surface area contributed by atoms with Crippen molar-refractivity contribution in [2.24, 2.45) is 0 Å². The van der Waals surface area contributed by atoms with Gasteiger partial charge in [0.15, 0.2) is 0 Å². The highest BCUT2D eigenvalue weighted by molar-refractivity contribution is 7.92. The van der Waals surface area contributed by atoms with Crippen LogP contribution < -0.4 is 9.46 Å². The van der Waals surface area contributed by atoms with Crippen molar-refractivity contribution in [1.29, 1.82) is 0 Å². The minimum Gasteiger partial charge on any atom is -0.494 e. The van der Waals surface area contributed by atoms with Gasteiger partial charge in [-0.2, -0.15) is 0 Å². The van der Waals surface area contributed by atoms with Crippen LogP contribution in [-0.2, 0) is 10.0 Å². The van der Waals surface area contributed by atoms with Crippen LogP contribution in [0.2, 0.25) is 0 Å². The number of amides is 1. The van der Waals surface area contributed by atoms with Crippen LogP contribution in [0, 0.1) is 0 Å². The number of carbonyl (C=O) groups is 1. The molecule has 0 aliphatic carbocycles. The van der Waals surface area contributed by atoms with Crippen molar-refractivity contribution in [2.75, 3.05) is 38.5 Å². The van der Waals surface area contributed by atoms with Crippen LogP contribution in [0.4, 0.5) is 5.69 Å². The molecule has 1 atom stereocenters. The molecular formula is C22H29N3O4S. The molecule has 30 heavy (non-hydrogen) atoms. The van der Waals surface area contributed by atoms with Crippen LogP contribution in [0.1, 0.15) is 30.1 Å². The highest BCUT2D eigenvalue weighted by Crippen LogP contribution is 2.21. The molecule has 8 heteroatoms. The molecule has 2 aromatic carbocycles. The number of hydrogen-bond acceptors (Lipinski definition) is 5. The largest absolute Gasteiger partial charge is 0.494 e. The summed E-state index contributed by atoms with van der Waals surface area (Å²) in [6.07, 6.45) is 2.04. The number of nitrogens with zero attached hydrogens (tertiary/aromatic N) is 2. The average molecular weight is 432 g/mol. The van der Waals surface area contributed by atoms with Crippen LogP contribution in [0.15, 0.2) is 53.4 Å². The highest BCUT2D eigenvalue weighted by atomic mass is 32.2. The quantitative estimate of drug-likeness (QED) is 0.729. The van der Waals surface area contributed by atoms with Crippen molar-refractivity contribution >= 4 is 21.6 Å². The molecule has 0 saturated carbocycles. The van der Waals surface area contributed by atoms with E-state index in [0.29, 0.717) is 36.2 Å². The molecule has 1 unspecified atom stereocenters. The Kier molecular flexibility index (Phi) is 6.99. The van der Waals surface area contributed by atoms with E-state index in [-0.39, 0.29) is 10.8 Å². The third-order valence-corrected chi connectivity index (χ3v) is 6.64. The number of likely N-dealkylation sites (N-methyl/N-ethyl adjacent to an activating group) is 1. The number of piperidine rings is 1. The molecular weight excluding hydrogens is 402 g/mol. The molecule has 0 spiro atoms. The number of hydrogen-bond donors (Lipinski definition) is 1. The Morgan fingerprint density at radius 2 is 1.80 bits per heavy atom. The third kappa shape index (κ3) is 5.31. The average Bonchev–Trinajstić information content (AvgIpc) is 2.75. The van der Waals surface area contributed by atoms with E-state index in [4.69, 9.17) is 4.74 Å². The van der Waals surface area contributed by atoms with E-state index in [1.807, 2.05) is 25.9 Å². The van der Waals surface area contributed by atoms with Crippen LogP contribution in [0.3, 0.4) is 0 Å². The molecule has 1 N–H and O–H groups in total. The lowest BCUT2D eigenvalue weighted by atomic mass is 10.0. The maximum Gasteiger partial charge on any atom is 0.261 e. The smallest absolute Gasteiger partial charge is 0.261 e. The van der Waals surface area contributed by atoms with E-state index in [9.17, 15) is 13.2 Å². The predicted molar refractivity (Wildman–Crippen MR) is 117 cm³/mol. The van der Waals surface area contributed by atoms with Crippen molar-refractivity contribution in [1.82, 2.24) is 9.80 Å². The molecule has 1 aliphatic heterocycles. The molecule has 1 aliphatic rings. The number of sulfonamides is 1. The van der Waals surface area contributed by atoms with Gasteiger partial charge in [0.05, 0.1) is 11.5 Å². The van der Waals surface area contributed by atoms with E-state index in [1.54, 1.807) is 36.4 Å². The van der Waals surface area contributed by atoms with Gasteiger partial charge < -0.3 is 14.5 Å². The van der Waals surface area contributed by atoms with Crippen molar-refractivity contribution < 1.29 is 17.9 Å². The van der Waals surface area contributed by atoms with Gasteiger partial charge in [-0.15, -0.1) is 0 Å². The summed E-state index contributed by atoms with van der Waals surface area (Å²) in [6.45, 7) is 3.84. The van der Waals surface area contributed by atoms with E-state index >= 15 is 0 Å². The normalized spacial score (nSPS) is 17.1. The molecule has 0 radical (unpaired) electrons. The summed E-state index contributed by atoms with van der Waals surface area (Å²) in [4.78, 5) is 16.9. The zero-order valence-corrected chi connectivity index (χ0v) is 18.5. The van der Waals surface area contributed by atoms with Gasteiger partial charge in [0.2, 0.25) is 0 Å². The SMILES string of the molecule is CCOc1ccc(NS(=O)(=O)c2ccc(C(=O)N3CCCC(N(C)C)C3)cc2)cc1. The second kappa shape index (κ2) is 9.49. The van der Waals surface area contributed by atoms with Gasteiger partial charge in [0, 0.05) is 30.4 Å². The summed E-state index contributed by atoms with van der Waals surface area (Å²) in [5.41, 5.74) is 0.941. The number of carbonyl (C=O) groups excluding carboxylic acids is 1. The van der Waals surface area contributed by atoms with Gasteiger partial charge in [-0.1, -0.05) is 0 Å². The summed E-state index contributed by atoms with van der Waals surface area (Å²) in [5.74, 6) is 0.613. The van der Waals surface area contributed by atoms with Crippen molar-refractivity contribution in [3.63, 3.8) is 0 Å². The Bertz CT molecular complexity index is 957. The number of ether oxygens (including phenoxy) is 1. The number of likely N-dealkylation sites (tertiary alicyclic amines) is 1. The van der Waals surface area contributed by atoms with E-state index in [2.05, 4.69) is 9.62 Å². The van der Waals surface area contributed by atoms with Crippen LogP contribution in [0.5, 0.6) is 5.75 Å². The van der Waals surface area contributed by atoms with Crippen molar-refractivity contribution in [3.8, 4) is 5.75 Å². The standard InChI is InChI=1S/C22H29N3O4S/c1-4-29-20-11-9-18(10-12-20)23-30(27,28)21-13-7-17(8-14-21)22(26)25-15-5-6-19(16-25)24(2)3/h7-14,19,23H,4-6,15-16H2,1-3H3. The number of nitrogens with one attached hydrogen (secondary N) is 1. The fourth-order valence-corrected chi connectivity index (χ4v) is 4.58. The first-order valence-corrected chi connectivity index (χ1v) is 11.6. The summed E-state index contributed by atoms with van der Waals surface area (Å²) in [6, 6.07) is 13.2. The van der Waals surface area contributed by atoms with Gasteiger partial charge in [0.25, 0.3) is 15.9 Å². The molecule has 162 valence electrons. The van der Waals surface area contributed by atoms with Crippen LogP contribution in [-0.4, -0.2) is 64.0 Å². The zero-order chi connectivity index (χ0) is 21.7. The van der Waals surface area contributed by atoms with Crippen molar-refractivity contribution in [2.45, 2.75) is 30.7 Å². The Morgan fingerprint density at radius 3 is 2.40 bits per heavy atom. The maximum atomic E-state index is 12.8.